The van der Waals surface area contributed by atoms with Crippen LogP contribution in [0.5, 0.6) is 0 Å². The number of carbonyl (C=O) groups is 2. The molecule has 2 heterocycles. The SMILES string of the molecule is C[C@@H](CC(=O)c1ccco1)NC(=O)Cc1noc2ccccc12. The molecule has 1 N–H and O–H groups in total. The highest BCUT2D eigenvalue weighted by atomic mass is 16.5. The Kier molecular flexibility index (Phi) is 4.23. The Morgan fingerprint density at radius 2 is 2.04 bits per heavy atom. The van der Waals surface area contributed by atoms with Gasteiger partial charge in [-0.1, -0.05) is 17.3 Å². The fraction of sp³-hybridized carbons (Fsp3) is 0.235. The van der Waals surface area contributed by atoms with E-state index >= 15 is 0 Å². The van der Waals surface area contributed by atoms with Gasteiger partial charge in [-0.2, -0.15) is 0 Å². The van der Waals surface area contributed by atoms with Gasteiger partial charge in [-0.25, -0.2) is 0 Å². The third-order valence-electron chi connectivity index (χ3n) is 3.48. The first-order valence-corrected chi connectivity index (χ1v) is 7.33. The van der Waals surface area contributed by atoms with Crippen molar-refractivity contribution < 1.29 is 18.5 Å². The number of ketones is 1. The number of nitrogens with one attached hydrogen (secondary N) is 1. The van der Waals surface area contributed by atoms with Crippen molar-refractivity contribution in [2.24, 2.45) is 0 Å². The number of Topliss-reactive ketones (excluding diaryl/α,β-unsaturated/α-hetero) is 1. The molecule has 0 bridgehead atoms. The van der Waals surface area contributed by atoms with Gasteiger partial charge in [0.05, 0.1) is 12.7 Å². The molecule has 0 fully saturated rings. The zero-order valence-corrected chi connectivity index (χ0v) is 12.6. The number of hydrogen-bond donors (Lipinski definition) is 1. The van der Waals surface area contributed by atoms with Crippen LogP contribution in [-0.2, 0) is 11.2 Å². The standard InChI is InChI=1S/C17H16N2O4/c1-11(9-14(20)16-7-4-8-22-16)18-17(21)10-13-12-5-2-3-6-15(12)23-19-13/h2-8,11H,9-10H2,1H3,(H,18,21)/t11-/m0/s1. The van der Waals surface area contributed by atoms with E-state index in [0.717, 1.165) is 5.39 Å². The van der Waals surface area contributed by atoms with Crippen LogP contribution >= 0.6 is 0 Å². The Hall–Kier alpha value is -2.89. The van der Waals surface area contributed by atoms with E-state index in [0.29, 0.717) is 17.0 Å². The Bertz CT molecular complexity index is 820. The molecular weight excluding hydrogens is 296 g/mol. The van der Waals surface area contributed by atoms with Gasteiger partial charge in [-0.05, 0) is 31.2 Å². The van der Waals surface area contributed by atoms with Gasteiger partial charge < -0.3 is 14.3 Å². The van der Waals surface area contributed by atoms with E-state index in [1.54, 1.807) is 25.1 Å². The molecule has 0 saturated carbocycles. The number of hydrogen-bond acceptors (Lipinski definition) is 5. The van der Waals surface area contributed by atoms with Crippen LogP contribution in [-0.4, -0.2) is 22.9 Å². The summed E-state index contributed by atoms with van der Waals surface area (Å²) in [5, 5.41) is 7.54. The second kappa shape index (κ2) is 6.48. The predicted molar refractivity (Wildman–Crippen MR) is 83.0 cm³/mol. The van der Waals surface area contributed by atoms with Gasteiger partial charge in [0.15, 0.2) is 17.1 Å². The number of fused-ring (bicyclic) bond motifs is 1. The molecule has 0 unspecified atom stereocenters. The Balaban J connectivity index is 1.57. The average Bonchev–Trinajstić information content (AvgIpc) is 3.17. The first kappa shape index (κ1) is 15.0. The zero-order chi connectivity index (χ0) is 16.2. The maximum Gasteiger partial charge on any atom is 0.226 e. The number of furan rings is 1. The maximum absolute atomic E-state index is 12.1. The van der Waals surface area contributed by atoms with Crippen LogP contribution < -0.4 is 5.32 Å². The fourth-order valence-corrected chi connectivity index (χ4v) is 2.41. The topological polar surface area (TPSA) is 85.3 Å². The van der Waals surface area contributed by atoms with Crippen LogP contribution in [0.2, 0.25) is 0 Å². The van der Waals surface area contributed by atoms with Crippen molar-refractivity contribution in [2.75, 3.05) is 0 Å². The monoisotopic (exact) mass is 312 g/mol. The van der Waals surface area contributed by atoms with Gasteiger partial charge in [0, 0.05) is 17.8 Å². The van der Waals surface area contributed by atoms with Gasteiger partial charge in [0.1, 0.15) is 5.69 Å². The summed E-state index contributed by atoms with van der Waals surface area (Å²) in [5.74, 6) is -0.0490. The van der Waals surface area contributed by atoms with Crippen molar-refractivity contribution in [1.29, 1.82) is 0 Å². The van der Waals surface area contributed by atoms with Crippen LogP contribution in [0.25, 0.3) is 11.0 Å². The Morgan fingerprint density at radius 3 is 2.83 bits per heavy atom. The minimum absolute atomic E-state index is 0.107. The summed E-state index contributed by atoms with van der Waals surface area (Å²) in [5.41, 5.74) is 1.24. The van der Waals surface area contributed by atoms with Crippen molar-refractivity contribution in [3.05, 3.63) is 54.1 Å². The average molecular weight is 312 g/mol. The summed E-state index contributed by atoms with van der Waals surface area (Å²) in [6.45, 7) is 1.78. The fourth-order valence-electron chi connectivity index (χ4n) is 2.41. The summed E-state index contributed by atoms with van der Waals surface area (Å²) >= 11 is 0. The minimum atomic E-state index is -0.293. The lowest BCUT2D eigenvalue weighted by atomic mass is 10.1. The van der Waals surface area contributed by atoms with E-state index < -0.39 is 0 Å². The third-order valence-corrected chi connectivity index (χ3v) is 3.48. The third kappa shape index (κ3) is 3.48. The van der Waals surface area contributed by atoms with Crippen molar-refractivity contribution >= 4 is 22.7 Å². The molecule has 0 aliphatic carbocycles. The number of nitrogens with zero attached hydrogens (tertiary/aromatic N) is 1. The largest absolute Gasteiger partial charge is 0.461 e. The highest BCUT2D eigenvalue weighted by molar-refractivity contribution is 5.94. The lowest BCUT2D eigenvalue weighted by Crippen LogP contribution is -2.35. The van der Waals surface area contributed by atoms with E-state index in [-0.39, 0.29) is 30.6 Å². The molecule has 1 amide bonds. The molecule has 118 valence electrons. The van der Waals surface area contributed by atoms with E-state index in [2.05, 4.69) is 10.5 Å². The second-order valence-corrected chi connectivity index (χ2v) is 5.38. The van der Waals surface area contributed by atoms with E-state index in [4.69, 9.17) is 8.94 Å². The first-order chi connectivity index (χ1) is 11.1. The number of amides is 1. The molecule has 1 atom stereocenters. The highest BCUT2D eigenvalue weighted by Crippen LogP contribution is 2.18. The van der Waals surface area contributed by atoms with Crippen LogP contribution in [0.1, 0.15) is 29.6 Å². The molecule has 3 rings (SSSR count). The number of para-hydroxylation sites is 1. The molecule has 2 aromatic heterocycles. The van der Waals surface area contributed by atoms with Crippen molar-refractivity contribution in [3.63, 3.8) is 0 Å². The molecular formula is C17H16N2O4. The summed E-state index contributed by atoms with van der Waals surface area (Å²) in [6.07, 6.45) is 1.74. The summed E-state index contributed by atoms with van der Waals surface area (Å²) in [4.78, 5) is 24.0. The normalized spacial score (nSPS) is 12.2. The number of benzene rings is 1. The molecule has 6 heteroatoms. The van der Waals surface area contributed by atoms with Crippen LogP contribution in [0.4, 0.5) is 0 Å². The van der Waals surface area contributed by atoms with Crippen LogP contribution in [0.15, 0.2) is 51.6 Å². The van der Waals surface area contributed by atoms with Gasteiger partial charge in [-0.3, -0.25) is 9.59 Å². The van der Waals surface area contributed by atoms with Gasteiger partial charge in [0.25, 0.3) is 0 Å². The maximum atomic E-state index is 12.1. The quantitative estimate of drug-likeness (QED) is 0.707. The van der Waals surface area contributed by atoms with Crippen molar-refractivity contribution in [1.82, 2.24) is 10.5 Å². The predicted octanol–water partition coefficient (Wildman–Crippen LogP) is 2.74. The Labute approximate surface area is 132 Å². The minimum Gasteiger partial charge on any atom is -0.461 e. The van der Waals surface area contributed by atoms with Gasteiger partial charge >= 0.3 is 0 Å². The van der Waals surface area contributed by atoms with Gasteiger partial charge in [-0.15, -0.1) is 0 Å². The summed E-state index contributed by atoms with van der Waals surface area (Å²) in [7, 11) is 0. The smallest absolute Gasteiger partial charge is 0.226 e. The molecule has 0 aliphatic rings. The molecule has 0 spiro atoms. The van der Waals surface area contributed by atoms with E-state index in [1.165, 1.54) is 6.26 Å². The van der Waals surface area contributed by atoms with Gasteiger partial charge in [0.2, 0.25) is 5.91 Å². The molecule has 0 radical (unpaired) electrons. The van der Waals surface area contributed by atoms with Crippen LogP contribution in [0, 0.1) is 0 Å². The molecule has 3 aromatic rings. The first-order valence-electron chi connectivity index (χ1n) is 7.33. The lowest BCUT2D eigenvalue weighted by molar-refractivity contribution is -0.121. The molecule has 23 heavy (non-hydrogen) atoms. The number of aromatic nitrogens is 1. The zero-order valence-electron chi connectivity index (χ0n) is 12.6. The highest BCUT2D eigenvalue weighted by Gasteiger charge is 2.17. The second-order valence-electron chi connectivity index (χ2n) is 5.38. The van der Waals surface area contributed by atoms with E-state index in [1.807, 2.05) is 18.2 Å². The van der Waals surface area contributed by atoms with E-state index in [9.17, 15) is 9.59 Å². The molecule has 6 nitrogen and oxygen atoms in total. The number of rotatable bonds is 6. The van der Waals surface area contributed by atoms with Crippen molar-refractivity contribution in [2.45, 2.75) is 25.8 Å². The molecule has 0 aliphatic heterocycles. The Morgan fingerprint density at radius 1 is 1.22 bits per heavy atom. The molecule has 0 saturated heterocycles. The summed E-state index contributed by atoms with van der Waals surface area (Å²) in [6, 6.07) is 10.3. The van der Waals surface area contributed by atoms with Crippen molar-refractivity contribution in [3.8, 4) is 0 Å². The molecule has 1 aromatic carbocycles. The van der Waals surface area contributed by atoms with Crippen LogP contribution in [0.3, 0.4) is 0 Å². The number of carbonyl (C=O) groups excluding carboxylic acids is 2. The lowest BCUT2D eigenvalue weighted by Gasteiger charge is -2.11. The summed E-state index contributed by atoms with van der Waals surface area (Å²) < 4.78 is 10.2.